The van der Waals surface area contributed by atoms with Gasteiger partial charge in [-0.3, -0.25) is 128 Å². The highest BCUT2D eigenvalue weighted by Crippen LogP contribution is 2.35. The summed E-state index contributed by atoms with van der Waals surface area (Å²) in [4.78, 5) is 299. The topological polar surface area (TPSA) is 862 Å². The van der Waals surface area contributed by atoms with E-state index >= 15 is 0 Å². The molecule has 800 valence electrons. The first-order chi connectivity index (χ1) is 69.9. The lowest BCUT2D eigenvalue weighted by molar-refractivity contribution is -0.148. The Balaban J connectivity index is 0.593. The van der Waals surface area contributed by atoms with Gasteiger partial charge in [0.05, 0.1) is 39.3 Å². The third-order valence-corrected chi connectivity index (χ3v) is 29.1. The summed E-state index contributed by atoms with van der Waals surface area (Å²) in [6.45, 7) is -3.45. The second kappa shape index (κ2) is 47.8. The molecule has 1 aromatic rings. The fourth-order valence-electron chi connectivity index (χ4n) is 22.7. The van der Waals surface area contributed by atoms with E-state index < -0.39 is 308 Å². The molecule has 13 rings (SSSR count). The van der Waals surface area contributed by atoms with Crippen LogP contribution in [-0.4, -0.2) is 445 Å². The van der Waals surface area contributed by atoms with Crippen molar-refractivity contribution in [3.05, 3.63) is 35.9 Å². The van der Waals surface area contributed by atoms with E-state index in [0.29, 0.717) is 25.7 Å². The fourth-order valence-corrected chi connectivity index (χ4v) is 22.7. The summed E-state index contributed by atoms with van der Waals surface area (Å²) >= 11 is 0. The SMILES string of the molecule is CC(=O)N[C@@H](Cc1ccccc1)C(=O)N1C[C@H](NC(=N)N)C[C@H]1C(=O)N1CCC[C@H]1C(=O)NCC(=O)N1C[C@H](NC(=N)N)C[C@H]1C(=O)N1CCC[C@H]1C(=O)NCC(=O)N1C[C@H](NC(=N)N)C[C@H]1C(=O)N1CCC[C@H]1C(=O)NCC(=O)N1C[C@H](NC(=N)N)C[C@H]1C(=O)N1CCC[C@H]1C(=O)NCC(=O)N1C[C@H](NC(=N)N)C[C@H]1C(=O)N1CCC[C@H]1C(=O)NCC(=O)N1C[C@H](NC(=N)N)C[C@H]1C(=O)N1CCC[C@H]1C(=O)NCC(N)=O. The van der Waals surface area contributed by atoms with Gasteiger partial charge in [-0.25, -0.2) is 0 Å². The molecule has 0 unspecified atom stereocenters. The Labute approximate surface area is 844 Å². The highest BCUT2D eigenvalue weighted by Gasteiger charge is 2.55. The van der Waals surface area contributed by atoms with Crippen LogP contribution in [0.2, 0.25) is 0 Å². The Morgan fingerprint density at radius 2 is 0.476 bits per heavy atom. The average molecular weight is 2060 g/mol. The molecule has 0 spiro atoms. The summed E-state index contributed by atoms with van der Waals surface area (Å²) in [6.07, 6.45) is 2.40. The zero-order chi connectivity index (χ0) is 106. The van der Waals surface area contributed by atoms with Gasteiger partial charge in [0.15, 0.2) is 35.8 Å². The maximum Gasteiger partial charge on any atom is 0.246 e. The van der Waals surface area contributed by atoms with Crippen molar-refractivity contribution < 1.29 is 95.9 Å². The molecule has 12 aliphatic rings. The molecule has 0 aliphatic carbocycles. The number of amides is 20. The van der Waals surface area contributed by atoms with E-state index in [4.69, 9.17) is 72.6 Å². The van der Waals surface area contributed by atoms with E-state index in [1.165, 1.54) is 55.9 Å². The quantitative estimate of drug-likeness (QED) is 0.0225. The summed E-state index contributed by atoms with van der Waals surface area (Å²) in [5, 5.41) is 82.4. The van der Waals surface area contributed by atoms with Gasteiger partial charge in [0.25, 0.3) is 0 Å². The van der Waals surface area contributed by atoms with Crippen LogP contribution in [0.1, 0.15) is 128 Å². The lowest BCUT2D eigenvalue weighted by Gasteiger charge is -2.33. The number of hydrogen-bond acceptors (Lipinski definition) is 26. The standard InChI is InChI=1S/C89H134N38O20/c1-44(128)109-52(25-45-11-3-2-4-12-45)77(141)127-43-51(115-89(101)102)31-64(127)83(147)121-24-10-18-58(121)76(140)108-37-70(134)126-42-50(114-88(99)100)30-63(126)82(146)120-23-9-17-57(120)75(139)107-36-69(133)125-41-49(113-87(97)98)29-62(125)81(145)119-22-8-16-56(119)74(138)106-35-68(132)124-40-48(112-86(95)96)28-61(124)80(144)118-21-7-15-55(118)73(137)105-34-67(131)123-39-47(111-85(93)94)27-60(123)79(143)117-20-6-14-54(117)72(136)104-33-66(130)122-38-46(110-84(91)92)26-59(122)78(142)116-19-5-13-53(116)71(135)103-32-65(90)129/h2-4,11-12,46-64H,5-10,13-43H2,1H3,(H2,90,129)(H,103,135)(H,104,136)(H,105,137)(H,106,138)(H,107,139)(H,108,140)(H,109,128)(H4,91,92,110)(H4,93,94,111)(H4,95,96,112)(H4,97,98,113)(H4,99,100,114)(H4,101,102,115)/t46-,47-,48-,49-,50-,51-,52+,53+,54+,55+,56+,57+,58+,59+,60+,61+,62+,63+,64+/m1/s1. The van der Waals surface area contributed by atoms with Crippen molar-refractivity contribution in [1.82, 2.24) is 128 Å². The number of carbonyl (C=O) groups excluding carboxylic acids is 20. The zero-order valence-electron chi connectivity index (χ0n) is 81.6. The first kappa shape index (κ1) is 108. The first-order valence-electron chi connectivity index (χ1n) is 49.4. The van der Waals surface area contributed by atoms with Crippen LogP contribution in [0.3, 0.4) is 0 Å². The van der Waals surface area contributed by atoms with Crippen molar-refractivity contribution >= 4 is 154 Å². The number of guanidine groups is 6. The van der Waals surface area contributed by atoms with Crippen molar-refractivity contribution in [3.8, 4) is 0 Å². The molecule has 19 atom stereocenters. The van der Waals surface area contributed by atoms with Gasteiger partial charge in [-0.05, 0) is 121 Å². The van der Waals surface area contributed by atoms with E-state index in [1.54, 1.807) is 30.3 Å². The molecule has 33 N–H and O–H groups in total. The van der Waals surface area contributed by atoms with Crippen LogP contribution in [0.15, 0.2) is 30.3 Å². The minimum atomic E-state index is -1.32. The Kier molecular flexibility index (Phi) is 35.3. The summed E-state index contributed by atoms with van der Waals surface area (Å²) in [5.74, 6) is -16.9. The van der Waals surface area contributed by atoms with Gasteiger partial charge in [0.1, 0.15) is 78.5 Å². The van der Waals surface area contributed by atoms with Crippen LogP contribution in [0, 0.1) is 32.5 Å². The van der Waals surface area contributed by atoms with Crippen molar-refractivity contribution in [2.75, 3.05) is 118 Å². The van der Waals surface area contributed by atoms with Crippen LogP contribution in [0.25, 0.3) is 0 Å². The summed E-state index contributed by atoms with van der Waals surface area (Å²) in [6, 6.07) is -11.1. The van der Waals surface area contributed by atoms with E-state index in [2.05, 4.69) is 69.1 Å². The lowest BCUT2D eigenvalue weighted by Crippen LogP contribution is -2.57. The molecule has 12 saturated heterocycles. The molecule has 0 bridgehead atoms. The third kappa shape index (κ3) is 26.1. The Morgan fingerprint density at radius 1 is 0.279 bits per heavy atom. The largest absolute Gasteiger partial charge is 0.370 e. The van der Waals surface area contributed by atoms with Crippen molar-refractivity contribution in [2.45, 2.75) is 244 Å². The smallest absolute Gasteiger partial charge is 0.246 e. The van der Waals surface area contributed by atoms with Crippen molar-refractivity contribution in [1.29, 1.82) is 32.5 Å². The molecule has 147 heavy (non-hydrogen) atoms. The van der Waals surface area contributed by atoms with Crippen molar-refractivity contribution in [2.24, 2.45) is 40.1 Å². The minimum absolute atomic E-state index is 0.000757. The number of hydrogen-bond donors (Lipinski definition) is 26. The number of carbonyl (C=O) groups is 20. The number of primary amides is 1. The third-order valence-electron chi connectivity index (χ3n) is 29.1. The number of nitrogens with one attached hydrogen (secondary N) is 19. The Hall–Kier alpha value is -15.8. The molecule has 0 aromatic heterocycles. The van der Waals surface area contributed by atoms with Crippen LogP contribution >= 0.6 is 0 Å². The van der Waals surface area contributed by atoms with Gasteiger partial charge in [0, 0.05) is 128 Å². The minimum Gasteiger partial charge on any atom is -0.370 e. The molecular weight excluding hydrogens is 1920 g/mol. The second-order valence-corrected chi connectivity index (χ2v) is 39.1. The summed E-state index contributed by atoms with van der Waals surface area (Å²) in [5.41, 5.74) is 40.3. The van der Waals surface area contributed by atoms with Crippen LogP contribution in [0.4, 0.5) is 0 Å². The van der Waals surface area contributed by atoms with Crippen LogP contribution < -0.4 is 109 Å². The highest BCUT2D eigenvalue weighted by molar-refractivity contribution is 6.03. The van der Waals surface area contributed by atoms with E-state index in [-0.39, 0.29) is 175 Å². The van der Waals surface area contributed by atoms with Crippen LogP contribution in [-0.2, 0) is 102 Å². The summed E-state index contributed by atoms with van der Waals surface area (Å²) in [7, 11) is 0. The van der Waals surface area contributed by atoms with Gasteiger partial charge in [-0.1, -0.05) is 30.3 Å². The van der Waals surface area contributed by atoms with E-state index in [0.717, 1.165) is 15.4 Å². The maximum atomic E-state index is 15.0. The van der Waals surface area contributed by atoms with Gasteiger partial charge >= 0.3 is 0 Å². The van der Waals surface area contributed by atoms with Gasteiger partial charge in [0.2, 0.25) is 118 Å². The normalized spacial score (nSPS) is 26.8. The van der Waals surface area contributed by atoms with E-state index in [9.17, 15) is 95.9 Å². The maximum absolute atomic E-state index is 15.0. The molecule has 12 fully saturated rings. The number of nitrogens with two attached hydrogens (primary N) is 7. The predicted molar refractivity (Wildman–Crippen MR) is 517 cm³/mol. The molecule has 20 amide bonds. The second-order valence-electron chi connectivity index (χ2n) is 39.1. The highest BCUT2D eigenvalue weighted by atomic mass is 16.2. The molecule has 0 saturated carbocycles. The Bertz CT molecular complexity index is 5280. The molecule has 0 radical (unpaired) electrons. The monoisotopic (exact) mass is 2060 g/mol. The number of rotatable bonds is 34. The van der Waals surface area contributed by atoms with Crippen LogP contribution in [0.5, 0.6) is 0 Å². The zero-order valence-corrected chi connectivity index (χ0v) is 81.6. The lowest BCUT2D eigenvalue weighted by atomic mass is 10.0. The molecule has 58 heteroatoms. The number of benzene rings is 1. The van der Waals surface area contributed by atoms with Gasteiger partial charge in [-0.2, -0.15) is 0 Å². The Morgan fingerprint density at radius 3 is 0.673 bits per heavy atom. The fraction of sp³-hybridized carbons (Fsp3) is 0.640. The molecule has 58 nitrogen and oxygen atoms in total. The van der Waals surface area contributed by atoms with Gasteiger partial charge in [-0.15, -0.1) is 0 Å². The number of nitrogens with zero attached hydrogens (tertiary/aromatic N) is 12. The van der Waals surface area contributed by atoms with Gasteiger partial charge < -0.3 is 168 Å². The predicted octanol–water partition coefficient (Wildman–Crippen LogP) is -14.4. The molecular formula is C89H134N38O20. The summed E-state index contributed by atoms with van der Waals surface area (Å²) < 4.78 is 0. The molecule has 12 aliphatic heterocycles. The van der Waals surface area contributed by atoms with E-state index in [1.807, 2.05) is 0 Å². The van der Waals surface area contributed by atoms with Crippen molar-refractivity contribution in [3.63, 3.8) is 0 Å². The average Bonchev–Trinajstić information content (AvgIpc) is 1.51. The molecule has 12 heterocycles. The number of likely N-dealkylation sites (tertiary alicyclic amines) is 12. The molecule has 1 aromatic carbocycles. The first-order valence-corrected chi connectivity index (χ1v) is 49.4.